The molecule has 0 atom stereocenters. The third-order valence-corrected chi connectivity index (χ3v) is 5.35. The fourth-order valence-corrected chi connectivity index (χ4v) is 3.97. The first-order valence-electron chi connectivity index (χ1n) is 7.81. The summed E-state index contributed by atoms with van der Waals surface area (Å²) in [4.78, 5) is 13.7. The number of sulfone groups is 1. The van der Waals surface area contributed by atoms with E-state index in [1.54, 1.807) is 7.05 Å². The largest absolute Gasteiger partial charge is 0.341 e. The third-order valence-electron chi connectivity index (χ3n) is 3.91. The van der Waals surface area contributed by atoms with Crippen molar-refractivity contribution in [3.63, 3.8) is 0 Å². The van der Waals surface area contributed by atoms with E-state index >= 15 is 0 Å². The second-order valence-electron chi connectivity index (χ2n) is 6.20. The average molecular weight is 345 g/mol. The molecule has 128 valence electrons. The van der Waals surface area contributed by atoms with Crippen molar-refractivity contribution in [2.75, 3.05) is 12.8 Å². The maximum absolute atomic E-state index is 12.4. The molecule has 0 saturated heterocycles. The Balaban J connectivity index is 2.02. The maximum atomic E-state index is 12.4. The van der Waals surface area contributed by atoms with Gasteiger partial charge in [0.2, 0.25) is 5.91 Å². The van der Waals surface area contributed by atoms with Crippen LogP contribution in [0.1, 0.15) is 22.3 Å². The molecule has 0 N–H and O–H groups in total. The predicted octanol–water partition coefficient (Wildman–Crippen LogP) is 2.88. The number of carbonyl (C=O) groups is 1. The number of amides is 1. The lowest BCUT2D eigenvalue weighted by Crippen LogP contribution is -2.32. The second-order valence-corrected chi connectivity index (χ2v) is 8.26. The quantitative estimate of drug-likeness (QED) is 0.809. The number of benzene rings is 2. The summed E-state index contributed by atoms with van der Waals surface area (Å²) in [5, 5.41) is 0. The molecular formula is C19H23NO3S. The van der Waals surface area contributed by atoms with Gasteiger partial charge in [-0.25, -0.2) is 8.42 Å². The molecule has 0 heterocycles. The van der Waals surface area contributed by atoms with Crippen LogP contribution in [0.5, 0.6) is 0 Å². The Labute approximate surface area is 144 Å². The summed E-state index contributed by atoms with van der Waals surface area (Å²) in [6, 6.07) is 15.2. The molecule has 0 unspecified atom stereocenters. The van der Waals surface area contributed by atoms with Gasteiger partial charge in [0.25, 0.3) is 0 Å². The molecular weight excluding hydrogens is 322 g/mol. The Morgan fingerprint density at radius 1 is 1.04 bits per heavy atom. The van der Waals surface area contributed by atoms with E-state index in [0.29, 0.717) is 6.54 Å². The first kappa shape index (κ1) is 18.2. The van der Waals surface area contributed by atoms with E-state index < -0.39 is 15.6 Å². The van der Waals surface area contributed by atoms with E-state index in [1.807, 2.05) is 62.4 Å². The van der Waals surface area contributed by atoms with Crippen LogP contribution >= 0.6 is 0 Å². The lowest BCUT2D eigenvalue weighted by atomic mass is 10.1. The SMILES string of the molecule is Cc1ccc(C)c(CS(=O)(=O)CC(=O)N(C)Cc2ccccc2)c1. The summed E-state index contributed by atoms with van der Waals surface area (Å²) in [5.41, 5.74) is 3.67. The molecule has 4 nitrogen and oxygen atoms in total. The minimum atomic E-state index is -3.50. The standard InChI is InChI=1S/C19H23NO3S/c1-15-9-10-16(2)18(11-15)13-24(22,23)14-19(21)20(3)12-17-7-5-4-6-8-17/h4-11H,12-14H2,1-3H3. The monoisotopic (exact) mass is 345 g/mol. The summed E-state index contributed by atoms with van der Waals surface area (Å²) >= 11 is 0. The lowest BCUT2D eigenvalue weighted by molar-refractivity contribution is -0.127. The van der Waals surface area contributed by atoms with Gasteiger partial charge in [0, 0.05) is 13.6 Å². The molecule has 2 aromatic rings. The first-order chi connectivity index (χ1) is 11.3. The van der Waals surface area contributed by atoms with Crippen molar-refractivity contribution in [3.05, 3.63) is 70.8 Å². The Hall–Kier alpha value is -2.14. The van der Waals surface area contributed by atoms with Crippen LogP contribution in [0.15, 0.2) is 48.5 Å². The maximum Gasteiger partial charge on any atom is 0.237 e. The lowest BCUT2D eigenvalue weighted by Gasteiger charge is -2.17. The predicted molar refractivity (Wildman–Crippen MR) is 96.3 cm³/mol. The molecule has 0 bridgehead atoms. The molecule has 0 radical (unpaired) electrons. The minimum Gasteiger partial charge on any atom is -0.341 e. The molecule has 2 rings (SSSR count). The van der Waals surface area contributed by atoms with Crippen LogP contribution in [0.25, 0.3) is 0 Å². The zero-order valence-electron chi connectivity index (χ0n) is 14.3. The summed E-state index contributed by atoms with van der Waals surface area (Å²) in [6.45, 7) is 4.21. The number of nitrogens with zero attached hydrogens (tertiary/aromatic N) is 1. The van der Waals surface area contributed by atoms with Crippen LogP contribution in [0.4, 0.5) is 0 Å². The molecule has 0 fully saturated rings. The zero-order valence-corrected chi connectivity index (χ0v) is 15.1. The molecule has 0 saturated carbocycles. The zero-order chi connectivity index (χ0) is 17.7. The van der Waals surface area contributed by atoms with E-state index in [2.05, 4.69) is 0 Å². The Bertz CT molecular complexity index is 814. The van der Waals surface area contributed by atoms with Crippen molar-refractivity contribution in [2.24, 2.45) is 0 Å². The van der Waals surface area contributed by atoms with Crippen molar-refractivity contribution in [3.8, 4) is 0 Å². The molecule has 0 aliphatic heterocycles. The average Bonchev–Trinajstić information content (AvgIpc) is 2.51. The second kappa shape index (κ2) is 7.62. The molecule has 5 heteroatoms. The van der Waals surface area contributed by atoms with Gasteiger partial charge in [0.15, 0.2) is 9.84 Å². The topological polar surface area (TPSA) is 54.5 Å². The fourth-order valence-electron chi connectivity index (χ4n) is 2.49. The highest BCUT2D eigenvalue weighted by Gasteiger charge is 2.21. The summed E-state index contributed by atoms with van der Waals surface area (Å²) < 4.78 is 24.8. The van der Waals surface area contributed by atoms with Crippen LogP contribution in [-0.2, 0) is 26.9 Å². The van der Waals surface area contributed by atoms with Crippen molar-refractivity contribution in [1.82, 2.24) is 4.90 Å². The van der Waals surface area contributed by atoms with Crippen LogP contribution in [0.3, 0.4) is 0 Å². The number of rotatable bonds is 6. The fraction of sp³-hybridized carbons (Fsp3) is 0.316. The summed E-state index contributed by atoms with van der Waals surface area (Å²) in [6.07, 6.45) is 0. The van der Waals surface area contributed by atoms with Gasteiger partial charge in [-0.15, -0.1) is 0 Å². The van der Waals surface area contributed by atoms with Crippen LogP contribution in [0.2, 0.25) is 0 Å². The van der Waals surface area contributed by atoms with Crippen molar-refractivity contribution in [1.29, 1.82) is 0 Å². The van der Waals surface area contributed by atoms with Gasteiger partial charge in [0.1, 0.15) is 5.75 Å². The number of aryl methyl sites for hydroxylation is 2. The number of hydrogen-bond acceptors (Lipinski definition) is 3. The van der Waals surface area contributed by atoms with E-state index in [0.717, 1.165) is 22.3 Å². The van der Waals surface area contributed by atoms with Gasteiger partial charge in [-0.1, -0.05) is 54.1 Å². The highest BCUT2D eigenvalue weighted by molar-refractivity contribution is 7.91. The van der Waals surface area contributed by atoms with Gasteiger partial charge in [-0.2, -0.15) is 0 Å². The molecule has 0 aliphatic rings. The van der Waals surface area contributed by atoms with E-state index in [9.17, 15) is 13.2 Å². The number of carbonyl (C=O) groups excluding carboxylic acids is 1. The van der Waals surface area contributed by atoms with Gasteiger partial charge >= 0.3 is 0 Å². The third kappa shape index (κ3) is 5.20. The van der Waals surface area contributed by atoms with Crippen molar-refractivity contribution >= 4 is 15.7 Å². The normalized spacial score (nSPS) is 11.3. The molecule has 24 heavy (non-hydrogen) atoms. The van der Waals surface area contributed by atoms with Gasteiger partial charge < -0.3 is 4.90 Å². The van der Waals surface area contributed by atoms with Crippen molar-refractivity contribution < 1.29 is 13.2 Å². The highest BCUT2D eigenvalue weighted by Crippen LogP contribution is 2.15. The smallest absolute Gasteiger partial charge is 0.237 e. The molecule has 1 amide bonds. The minimum absolute atomic E-state index is 0.106. The van der Waals surface area contributed by atoms with Crippen molar-refractivity contribution in [2.45, 2.75) is 26.1 Å². The van der Waals surface area contributed by atoms with Crippen LogP contribution in [0, 0.1) is 13.8 Å². The van der Waals surface area contributed by atoms with Gasteiger partial charge in [-0.3, -0.25) is 4.79 Å². The first-order valence-corrected chi connectivity index (χ1v) is 9.63. The molecule has 0 aliphatic carbocycles. The van der Waals surface area contributed by atoms with Crippen LogP contribution < -0.4 is 0 Å². The van der Waals surface area contributed by atoms with E-state index in [4.69, 9.17) is 0 Å². The number of hydrogen-bond donors (Lipinski definition) is 0. The van der Waals surface area contributed by atoms with Gasteiger partial charge in [-0.05, 0) is 30.5 Å². The Morgan fingerprint density at radius 3 is 2.38 bits per heavy atom. The van der Waals surface area contributed by atoms with Crippen LogP contribution in [-0.4, -0.2) is 32.0 Å². The molecule has 2 aromatic carbocycles. The Morgan fingerprint density at radius 2 is 1.71 bits per heavy atom. The molecule has 0 spiro atoms. The Kier molecular flexibility index (Phi) is 5.78. The summed E-state index contributed by atoms with van der Waals surface area (Å²) in [5.74, 6) is -0.959. The highest BCUT2D eigenvalue weighted by atomic mass is 32.2. The van der Waals surface area contributed by atoms with Gasteiger partial charge in [0.05, 0.1) is 5.75 Å². The summed E-state index contributed by atoms with van der Waals surface area (Å²) in [7, 11) is -1.87. The molecule has 0 aromatic heterocycles. The van der Waals surface area contributed by atoms with E-state index in [-0.39, 0.29) is 11.7 Å². The van der Waals surface area contributed by atoms with E-state index in [1.165, 1.54) is 4.90 Å².